The van der Waals surface area contributed by atoms with Crippen LogP contribution in [0.15, 0.2) is 14.6 Å². The van der Waals surface area contributed by atoms with Crippen LogP contribution in [0.1, 0.15) is 18.9 Å². The largest absolute Gasteiger partial charge is 0.329 e. The lowest BCUT2D eigenvalue weighted by Crippen LogP contribution is -2.36. The standard InChI is InChI=1S/C8H12N2O2S/c1-3-4-10-7(11)5(2)6(13)9-8(10)12/h13H,3-4H2,1-2H3,(H,9,12). The van der Waals surface area contributed by atoms with Gasteiger partial charge in [0, 0.05) is 12.1 Å². The topological polar surface area (TPSA) is 54.9 Å². The number of rotatable bonds is 2. The smallest absolute Gasteiger partial charge is 0.302 e. The van der Waals surface area contributed by atoms with Crippen LogP contribution in [0, 0.1) is 6.92 Å². The summed E-state index contributed by atoms with van der Waals surface area (Å²) in [5.74, 6) is 0. The minimum absolute atomic E-state index is 0.254. The molecule has 0 amide bonds. The number of hydrogen-bond acceptors (Lipinski definition) is 3. The molecule has 0 aliphatic rings. The number of nitrogens with zero attached hydrogens (tertiary/aromatic N) is 1. The molecule has 1 N–H and O–H groups in total. The third-order valence-electron chi connectivity index (χ3n) is 1.84. The molecular formula is C8H12N2O2S. The SMILES string of the molecule is CCCn1c(=O)[nH]c(S)c(C)c1=O. The van der Waals surface area contributed by atoms with Gasteiger partial charge in [-0.05, 0) is 13.3 Å². The maximum Gasteiger partial charge on any atom is 0.329 e. The molecule has 1 aromatic heterocycles. The molecular weight excluding hydrogens is 188 g/mol. The summed E-state index contributed by atoms with van der Waals surface area (Å²) < 4.78 is 1.19. The number of aromatic amines is 1. The van der Waals surface area contributed by atoms with Gasteiger partial charge in [-0.15, -0.1) is 12.6 Å². The molecule has 5 heteroatoms. The molecule has 13 heavy (non-hydrogen) atoms. The molecule has 0 saturated heterocycles. The molecule has 0 aliphatic heterocycles. The zero-order chi connectivity index (χ0) is 10.0. The minimum Gasteiger partial charge on any atom is -0.302 e. The van der Waals surface area contributed by atoms with Crippen LogP contribution in [0.3, 0.4) is 0 Å². The van der Waals surface area contributed by atoms with Crippen LogP contribution in [-0.2, 0) is 6.54 Å². The van der Waals surface area contributed by atoms with Gasteiger partial charge in [0.25, 0.3) is 5.56 Å². The number of nitrogens with one attached hydrogen (secondary N) is 1. The van der Waals surface area contributed by atoms with E-state index in [0.717, 1.165) is 6.42 Å². The van der Waals surface area contributed by atoms with Gasteiger partial charge in [0.1, 0.15) is 0 Å². The summed E-state index contributed by atoms with van der Waals surface area (Å²) in [6, 6.07) is 0. The second kappa shape index (κ2) is 3.83. The third-order valence-corrected chi connectivity index (χ3v) is 2.29. The summed E-state index contributed by atoms with van der Waals surface area (Å²) in [6.07, 6.45) is 0.758. The Morgan fingerprint density at radius 1 is 1.46 bits per heavy atom. The Kier molecular flexibility index (Phi) is 2.98. The highest BCUT2D eigenvalue weighted by Gasteiger charge is 2.06. The highest BCUT2D eigenvalue weighted by molar-refractivity contribution is 7.80. The van der Waals surface area contributed by atoms with Crippen LogP contribution in [-0.4, -0.2) is 9.55 Å². The maximum absolute atomic E-state index is 11.5. The summed E-state index contributed by atoms with van der Waals surface area (Å²) in [4.78, 5) is 25.3. The summed E-state index contributed by atoms with van der Waals surface area (Å²) >= 11 is 3.98. The van der Waals surface area contributed by atoms with E-state index in [-0.39, 0.29) is 11.2 Å². The van der Waals surface area contributed by atoms with E-state index in [9.17, 15) is 9.59 Å². The Morgan fingerprint density at radius 3 is 2.62 bits per heavy atom. The average Bonchev–Trinajstić information content (AvgIpc) is 2.09. The first kappa shape index (κ1) is 10.1. The predicted octanol–water partition coefficient (Wildman–Crippen LogP) is 0.544. The summed E-state index contributed by atoms with van der Waals surface area (Å²) in [7, 11) is 0. The number of aromatic nitrogens is 2. The lowest BCUT2D eigenvalue weighted by Gasteiger charge is -2.04. The maximum atomic E-state index is 11.5. The Hall–Kier alpha value is -0.970. The second-order valence-electron chi connectivity index (χ2n) is 2.86. The Balaban J connectivity index is 3.45. The predicted molar refractivity (Wildman–Crippen MR) is 53.6 cm³/mol. The van der Waals surface area contributed by atoms with Gasteiger partial charge in [-0.1, -0.05) is 6.92 Å². The third kappa shape index (κ3) is 1.85. The first-order chi connectivity index (χ1) is 6.07. The Bertz CT molecular complexity index is 419. The zero-order valence-corrected chi connectivity index (χ0v) is 8.52. The van der Waals surface area contributed by atoms with Gasteiger partial charge in [0.05, 0.1) is 5.03 Å². The fourth-order valence-corrected chi connectivity index (χ4v) is 1.28. The van der Waals surface area contributed by atoms with E-state index in [0.29, 0.717) is 17.1 Å². The van der Waals surface area contributed by atoms with Gasteiger partial charge >= 0.3 is 5.69 Å². The van der Waals surface area contributed by atoms with Crippen molar-refractivity contribution in [1.29, 1.82) is 0 Å². The van der Waals surface area contributed by atoms with E-state index in [1.54, 1.807) is 6.92 Å². The monoisotopic (exact) mass is 200 g/mol. The summed E-state index contributed by atoms with van der Waals surface area (Å²) in [6.45, 7) is 4.01. The molecule has 0 spiro atoms. The lowest BCUT2D eigenvalue weighted by atomic mass is 10.3. The van der Waals surface area contributed by atoms with E-state index in [1.165, 1.54) is 4.57 Å². The van der Waals surface area contributed by atoms with E-state index in [2.05, 4.69) is 17.6 Å². The van der Waals surface area contributed by atoms with Crippen LogP contribution in [0.25, 0.3) is 0 Å². The summed E-state index contributed by atoms with van der Waals surface area (Å²) in [5, 5.41) is 0.349. The van der Waals surface area contributed by atoms with Crippen molar-refractivity contribution in [3.63, 3.8) is 0 Å². The normalized spacial score (nSPS) is 10.4. The second-order valence-corrected chi connectivity index (χ2v) is 3.31. The van der Waals surface area contributed by atoms with Crippen molar-refractivity contribution >= 4 is 12.6 Å². The van der Waals surface area contributed by atoms with Gasteiger partial charge in [0.15, 0.2) is 0 Å². The van der Waals surface area contributed by atoms with Crippen molar-refractivity contribution < 1.29 is 0 Å². The van der Waals surface area contributed by atoms with Crippen LogP contribution >= 0.6 is 12.6 Å². The highest BCUT2D eigenvalue weighted by atomic mass is 32.1. The molecule has 0 atom stereocenters. The van der Waals surface area contributed by atoms with Crippen molar-refractivity contribution in [3.8, 4) is 0 Å². The highest BCUT2D eigenvalue weighted by Crippen LogP contribution is 2.00. The Morgan fingerprint density at radius 2 is 2.08 bits per heavy atom. The summed E-state index contributed by atoms with van der Waals surface area (Å²) in [5.41, 5.74) is -0.158. The van der Waals surface area contributed by atoms with Gasteiger partial charge in [-0.2, -0.15) is 0 Å². The van der Waals surface area contributed by atoms with Crippen molar-refractivity contribution in [2.75, 3.05) is 0 Å². The molecule has 0 fully saturated rings. The molecule has 72 valence electrons. The van der Waals surface area contributed by atoms with Gasteiger partial charge in [-0.25, -0.2) is 4.79 Å². The van der Waals surface area contributed by atoms with Crippen LogP contribution in [0.2, 0.25) is 0 Å². The van der Waals surface area contributed by atoms with Crippen molar-refractivity contribution in [3.05, 3.63) is 26.4 Å². The molecule has 0 unspecified atom stereocenters. The molecule has 1 aromatic rings. The van der Waals surface area contributed by atoms with E-state index >= 15 is 0 Å². The fourth-order valence-electron chi connectivity index (χ4n) is 1.09. The molecule has 0 aliphatic carbocycles. The van der Waals surface area contributed by atoms with Crippen LogP contribution in [0.4, 0.5) is 0 Å². The van der Waals surface area contributed by atoms with Gasteiger partial charge in [-0.3, -0.25) is 9.36 Å². The minimum atomic E-state index is -0.387. The van der Waals surface area contributed by atoms with E-state index < -0.39 is 0 Å². The molecule has 1 rings (SSSR count). The molecule has 0 aromatic carbocycles. The first-order valence-corrected chi connectivity index (χ1v) is 4.55. The fraction of sp³-hybridized carbons (Fsp3) is 0.500. The van der Waals surface area contributed by atoms with Gasteiger partial charge < -0.3 is 4.98 Å². The van der Waals surface area contributed by atoms with Gasteiger partial charge in [0.2, 0.25) is 0 Å². The van der Waals surface area contributed by atoms with Crippen LogP contribution in [0.5, 0.6) is 0 Å². The first-order valence-electron chi connectivity index (χ1n) is 4.10. The molecule has 4 nitrogen and oxygen atoms in total. The quantitative estimate of drug-likeness (QED) is 0.541. The van der Waals surface area contributed by atoms with Crippen molar-refractivity contribution in [1.82, 2.24) is 9.55 Å². The molecule has 0 bridgehead atoms. The molecule has 1 heterocycles. The molecule has 0 saturated carbocycles. The van der Waals surface area contributed by atoms with Crippen molar-refractivity contribution in [2.24, 2.45) is 0 Å². The average molecular weight is 200 g/mol. The zero-order valence-electron chi connectivity index (χ0n) is 7.63. The molecule has 0 radical (unpaired) electrons. The number of H-pyrrole nitrogens is 1. The van der Waals surface area contributed by atoms with Crippen LogP contribution < -0.4 is 11.2 Å². The van der Waals surface area contributed by atoms with E-state index in [4.69, 9.17) is 0 Å². The van der Waals surface area contributed by atoms with E-state index in [1.807, 2.05) is 6.92 Å². The Labute approximate surface area is 81.0 Å². The lowest BCUT2D eigenvalue weighted by molar-refractivity contribution is 0.599. The number of hydrogen-bond donors (Lipinski definition) is 2. The number of thiol groups is 1. The van der Waals surface area contributed by atoms with Crippen molar-refractivity contribution in [2.45, 2.75) is 31.8 Å².